The van der Waals surface area contributed by atoms with Gasteiger partial charge in [0.1, 0.15) is 0 Å². The first kappa shape index (κ1) is 21.7. The van der Waals surface area contributed by atoms with E-state index >= 15 is 0 Å². The molecule has 1 unspecified atom stereocenters. The molecule has 2 aliphatic rings. The standard InChI is InChI=1S/C22H36N4O3/c1-17-7-9-26(10-8-17)22(23-2)24-16-19(25-11-13-29-14-12-25)18-5-6-20(27-3)21(15-18)28-4/h5-6,15,17,19H,7-14,16H2,1-4H3,(H,23,24). The molecule has 0 radical (unpaired) electrons. The molecule has 0 aliphatic carbocycles. The number of nitrogens with one attached hydrogen (secondary N) is 1. The predicted octanol–water partition coefficient (Wildman–Crippen LogP) is 2.38. The predicted molar refractivity (Wildman–Crippen MR) is 116 cm³/mol. The van der Waals surface area contributed by atoms with Crippen molar-refractivity contribution in [2.24, 2.45) is 10.9 Å². The Morgan fingerprint density at radius 2 is 1.83 bits per heavy atom. The second-order valence-electron chi connectivity index (χ2n) is 7.88. The maximum absolute atomic E-state index is 5.58. The molecular weight excluding hydrogens is 368 g/mol. The first-order valence-electron chi connectivity index (χ1n) is 10.7. The van der Waals surface area contributed by atoms with Gasteiger partial charge in [-0.15, -0.1) is 0 Å². The lowest BCUT2D eigenvalue weighted by Crippen LogP contribution is -2.49. The van der Waals surface area contributed by atoms with Crippen molar-refractivity contribution >= 4 is 5.96 Å². The molecule has 2 heterocycles. The molecule has 7 nitrogen and oxygen atoms in total. The summed E-state index contributed by atoms with van der Waals surface area (Å²) in [6.07, 6.45) is 2.45. The number of benzene rings is 1. The summed E-state index contributed by atoms with van der Waals surface area (Å²) in [5.74, 6) is 3.31. The van der Waals surface area contributed by atoms with E-state index < -0.39 is 0 Å². The summed E-state index contributed by atoms with van der Waals surface area (Å²) in [5.41, 5.74) is 1.21. The SMILES string of the molecule is CN=C(NCC(c1ccc(OC)c(OC)c1)N1CCOCC1)N1CCC(C)CC1. The van der Waals surface area contributed by atoms with Gasteiger partial charge in [0.25, 0.3) is 0 Å². The Morgan fingerprint density at radius 3 is 2.45 bits per heavy atom. The van der Waals surface area contributed by atoms with Crippen LogP contribution in [0.15, 0.2) is 23.2 Å². The van der Waals surface area contributed by atoms with Crippen LogP contribution < -0.4 is 14.8 Å². The van der Waals surface area contributed by atoms with E-state index in [4.69, 9.17) is 14.2 Å². The Morgan fingerprint density at radius 1 is 1.14 bits per heavy atom. The van der Waals surface area contributed by atoms with Crippen molar-refractivity contribution in [3.05, 3.63) is 23.8 Å². The fourth-order valence-electron chi connectivity index (χ4n) is 4.15. The van der Waals surface area contributed by atoms with Crippen LogP contribution >= 0.6 is 0 Å². The van der Waals surface area contributed by atoms with Gasteiger partial charge in [-0.25, -0.2) is 0 Å². The average Bonchev–Trinajstić information content (AvgIpc) is 2.78. The minimum absolute atomic E-state index is 0.208. The summed E-state index contributed by atoms with van der Waals surface area (Å²) in [5, 5.41) is 3.64. The molecular formula is C22H36N4O3. The Kier molecular flexibility index (Phi) is 8.00. The summed E-state index contributed by atoms with van der Waals surface area (Å²) < 4.78 is 16.5. The quantitative estimate of drug-likeness (QED) is 0.580. The highest BCUT2D eigenvalue weighted by atomic mass is 16.5. The maximum Gasteiger partial charge on any atom is 0.193 e. The average molecular weight is 405 g/mol. The number of guanidine groups is 1. The molecule has 1 aromatic carbocycles. The van der Waals surface area contributed by atoms with Crippen molar-refractivity contribution in [3.63, 3.8) is 0 Å². The summed E-state index contributed by atoms with van der Waals surface area (Å²) in [7, 11) is 5.23. The lowest BCUT2D eigenvalue weighted by molar-refractivity contribution is 0.0168. The van der Waals surface area contributed by atoms with Crippen molar-refractivity contribution in [2.75, 3.05) is 67.2 Å². The lowest BCUT2D eigenvalue weighted by atomic mass is 9.99. The second kappa shape index (κ2) is 10.7. The van der Waals surface area contributed by atoms with E-state index in [1.807, 2.05) is 13.1 Å². The molecule has 1 atom stereocenters. The Balaban J connectivity index is 1.75. The van der Waals surface area contributed by atoms with Gasteiger partial charge >= 0.3 is 0 Å². The number of morpholine rings is 1. The summed E-state index contributed by atoms with van der Waals surface area (Å²) in [6.45, 7) is 8.62. The molecule has 29 heavy (non-hydrogen) atoms. The molecule has 2 fully saturated rings. The number of ether oxygens (including phenoxy) is 3. The molecule has 0 bridgehead atoms. The number of rotatable bonds is 6. The second-order valence-corrected chi connectivity index (χ2v) is 7.88. The summed E-state index contributed by atoms with van der Waals surface area (Å²) >= 11 is 0. The van der Waals surface area contributed by atoms with Crippen molar-refractivity contribution in [1.29, 1.82) is 0 Å². The number of aliphatic imine (C=N–C) groups is 1. The van der Waals surface area contributed by atoms with Gasteiger partial charge in [-0.1, -0.05) is 13.0 Å². The largest absolute Gasteiger partial charge is 0.493 e. The summed E-state index contributed by atoms with van der Waals surface area (Å²) in [4.78, 5) is 9.41. The maximum atomic E-state index is 5.58. The van der Waals surface area contributed by atoms with Gasteiger partial charge in [0, 0.05) is 39.8 Å². The van der Waals surface area contributed by atoms with Crippen molar-refractivity contribution in [2.45, 2.75) is 25.8 Å². The van der Waals surface area contributed by atoms with Crippen molar-refractivity contribution in [1.82, 2.24) is 15.1 Å². The fraction of sp³-hybridized carbons (Fsp3) is 0.682. The number of hydrogen-bond donors (Lipinski definition) is 1. The fourth-order valence-corrected chi connectivity index (χ4v) is 4.15. The van der Waals surface area contributed by atoms with Crippen molar-refractivity contribution in [3.8, 4) is 11.5 Å². The zero-order valence-electron chi connectivity index (χ0n) is 18.3. The van der Waals surface area contributed by atoms with Crippen LogP contribution in [0.2, 0.25) is 0 Å². The van der Waals surface area contributed by atoms with E-state index in [2.05, 4.69) is 39.2 Å². The van der Waals surface area contributed by atoms with E-state index in [0.29, 0.717) is 0 Å². The molecule has 0 aromatic heterocycles. The van der Waals surface area contributed by atoms with Crippen LogP contribution in [0.4, 0.5) is 0 Å². The van der Waals surface area contributed by atoms with Crippen LogP contribution in [0.25, 0.3) is 0 Å². The van der Waals surface area contributed by atoms with Crippen LogP contribution in [0.5, 0.6) is 11.5 Å². The molecule has 0 saturated carbocycles. The molecule has 0 spiro atoms. The number of hydrogen-bond acceptors (Lipinski definition) is 5. The lowest BCUT2D eigenvalue weighted by Gasteiger charge is -2.37. The number of methoxy groups -OCH3 is 2. The Hall–Kier alpha value is -1.99. The normalized spacial score (nSPS) is 20.4. The minimum Gasteiger partial charge on any atom is -0.493 e. The van der Waals surface area contributed by atoms with Crippen LogP contribution in [0.1, 0.15) is 31.4 Å². The van der Waals surface area contributed by atoms with Crippen LogP contribution in [0, 0.1) is 5.92 Å². The Bertz CT molecular complexity index is 668. The number of piperidine rings is 1. The van der Waals surface area contributed by atoms with Crippen LogP contribution in [0.3, 0.4) is 0 Å². The summed E-state index contributed by atoms with van der Waals surface area (Å²) in [6, 6.07) is 6.42. The zero-order valence-corrected chi connectivity index (χ0v) is 18.3. The Labute approximate surface area is 175 Å². The topological polar surface area (TPSA) is 58.6 Å². The first-order valence-corrected chi connectivity index (χ1v) is 10.7. The van der Waals surface area contributed by atoms with E-state index in [-0.39, 0.29) is 6.04 Å². The smallest absolute Gasteiger partial charge is 0.193 e. The first-order chi connectivity index (χ1) is 14.2. The van der Waals surface area contributed by atoms with Gasteiger partial charge in [-0.05, 0) is 36.5 Å². The molecule has 2 aliphatic heterocycles. The highest BCUT2D eigenvalue weighted by Gasteiger charge is 2.25. The third-order valence-electron chi connectivity index (χ3n) is 6.03. The van der Waals surface area contributed by atoms with Gasteiger partial charge in [-0.2, -0.15) is 0 Å². The van der Waals surface area contributed by atoms with E-state index in [1.165, 1.54) is 18.4 Å². The third-order valence-corrected chi connectivity index (χ3v) is 6.03. The molecule has 7 heteroatoms. The van der Waals surface area contributed by atoms with Gasteiger partial charge in [-0.3, -0.25) is 9.89 Å². The highest BCUT2D eigenvalue weighted by molar-refractivity contribution is 5.80. The molecule has 2 saturated heterocycles. The van der Waals surface area contributed by atoms with Gasteiger partial charge < -0.3 is 24.4 Å². The number of nitrogens with zero attached hydrogens (tertiary/aromatic N) is 3. The molecule has 0 amide bonds. The molecule has 162 valence electrons. The number of likely N-dealkylation sites (tertiary alicyclic amines) is 1. The monoisotopic (exact) mass is 404 g/mol. The molecule has 1 N–H and O–H groups in total. The molecule has 1 aromatic rings. The highest BCUT2D eigenvalue weighted by Crippen LogP contribution is 2.32. The zero-order chi connectivity index (χ0) is 20.6. The van der Waals surface area contributed by atoms with E-state index in [0.717, 1.165) is 69.3 Å². The van der Waals surface area contributed by atoms with Gasteiger partial charge in [0.05, 0.1) is 33.5 Å². The van der Waals surface area contributed by atoms with E-state index in [9.17, 15) is 0 Å². The minimum atomic E-state index is 0.208. The van der Waals surface area contributed by atoms with Gasteiger partial charge in [0.2, 0.25) is 0 Å². The van der Waals surface area contributed by atoms with Crippen molar-refractivity contribution < 1.29 is 14.2 Å². The van der Waals surface area contributed by atoms with E-state index in [1.54, 1.807) is 14.2 Å². The van der Waals surface area contributed by atoms with Gasteiger partial charge in [0.15, 0.2) is 17.5 Å². The van der Waals surface area contributed by atoms with Crippen LogP contribution in [-0.4, -0.2) is 83.0 Å². The van der Waals surface area contributed by atoms with Crippen LogP contribution in [-0.2, 0) is 4.74 Å². The third kappa shape index (κ3) is 5.54. The molecule has 3 rings (SSSR count).